The highest BCUT2D eigenvalue weighted by Gasteiger charge is 2.44. The smallest absolute Gasteiger partial charge is 0.351 e. The number of carboxylic acids is 2. The van der Waals surface area contributed by atoms with Crippen LogP contribution in [0.15, 0.2) is 17.1 Å². The van der Waals surface area contributed by atoms with Crippen LogP contribution in [-0.2, 0) is 28.7 Å². The molecular formula is C17H23N5O11. The van der Waals surface area contributed by atoms with Crippen LogP contribution in [0.4, 0.5) is 5.82 Å². The molecular weight excluding hydrogens is 450 g/mol. The van der Waals surface area contributed by atoms with E-state index in [9.17, 15) is 34.2 Å². The molecule has 0 radical (unpaired) electrons. The summed E-state index contributed by atoms with van der Waals surface area (Å²) >= 11 is 0. The van der Waals surface area contributed by atoms with Crippen molar-refractivity contribution in [2.24, 2.45) is 11.5 Å². The van der Waals surface area contributed by atoms with Gasteiger partial charge in [-0.05, 0) is 6.07 Å². The number of esters is 1. The van der Waals surface area contributed by atoms with E-state index in [0.29, 0.717) is 0 Å². The molecule has 1 saturated heterocycles. The van der Waals surface area contributed by atoms with E-state index in [1.807, 2.05) is 0 Å². The molecule has 1 aliphatic heterocycles. The predicted octanol–water partition coefficient (Wildman–Crippen LogP) is -4.05. The SMILES string of the molecule is N[C@@H](CC(=O)OC[C@H]1O[C@@H](n2ccc(NC(=O)[C@@H](N)CC(=O)O)nc2=O)[C@@H](O)[C@@H]1O)C(=O)O. The lowest BCUT2D eigenvalue weighted by Crippen LogP contribution is -2.39. The molecule has 0 aromatic carbocycles. The largest absolute Gasteiger partial charge is 0.481 e. The average molecular weight is 473 g/mol. The molecule has 2 rings (SSSR count). The van der Waals surface area contributed by atoms with Gasteiger partial charge in [-0.25, -0.2) is 4.79 Å². The second kappa shape index (κ2) is 10.9. The third kappa shape index (κ3) is 6.77. The number of carboxylic acid groups (broad SMARTS) is 2. The first-order chi connectivity index (χ1) is 15.4. The summed E-state index contributed by atoms with van der Waals surface area (Å²) < 4.78 is 11.0. The number of aromatic nitrogens is 2. The molecule has 1 amide bonds. The summed E-state index contributed by atoms with van der Waals surface area (Å²) in [7, 11) is 0. The zero-order chi connectivity index (χ0) is 24.9. The van der Waals surface area contributed by atoms with Crippen molar-refractivity contribution in [3.8, 4) is 0 Å². The van der Waals surface area contributed by atoms with Gasteiger partial charge in [-0.3, -0.25) is 23.7 Å². The average Bonchev–Trinajstić information content (AvgIpc) is 3.00. The van der Waals surface area contributed by atoms with Gasteiger partial charge in [-0.1, -0.05) is 0 Å². The standard InChI is InChI=1S/C17H23N5O11/c18-6(3-10(23)24)14(28)20-9-1-2-22(17(31)21-9)15-13(27)12(26)8(33-15)5-32-11(25)4-7(19)16(29)30/h1-2,6-8,12-13,15,26-27H,3-5,18-19H2,(H,23,24)(H,29,30)(H,20,21,28,31)/t6-,7-,8+,12+,13-,15+/m0/s1. The van der Waals surface area contributed by atoms with Crippen molar-refractivity contribution in [2.45, 2.75) is 49.5 Å². The number of nitrogens with zero attached hydrogens (tertiary/aromatic N) is 2. The first kappa shape index (κ1) is 25.8. The fourth-order valence-corrected chi connectivity index (χ4v) is 2.77. The number of rotatable bonds is 10. The van der Waals surface area contributed by atoms with E-state index in [1.165, 1.54) is 0 Å². The summed E-state index contributed by atoms with van der Waals surface area (Å²) in [5.74, 6) is -4.81. The van der Waals surface area contributed by atoms with Gasteiger partial charge in [0.2, 0.25) is 5.91 Å². The summed E-state index contributed by atoms with van der Waals surface area (Å²) in [4.78, 5) is 60.6. The van der Waals surface area contributed by atoms with Crippen LogP contribution in [0.2, 0.25) is 0 Å². The number of hydrogen-bond acceptors (Lipinski definition) is 12. The van der Waals surface area contributed by atoms with Crippen molar-refractivity contribution in [1.82, 2.24) is 9.55 Å². The highest BCUT2D eigenvalue weighted by Crippen LogP contribution is 2.28. The van der Waals surface area contributed by atoms with Gasteiger partial charge in [0.05, 0.1) is 18.9 Å². The summed E-state index contributed by atoms with van der Waals surface area (Å²) in [5, 5.41) is 39.9. The third-order valence-electron chi connectivity index (χ3n) is 4.54. The predicted molar refractivity (Wildman–Crippen MR) is 104 cm³/mol. The van der Waals surface area contributed by atoms with Crippen LogP contribution >= 0.6 is 0 Å². The van der Waals surface area contributed by atoms with E-state index in [0.717, 1.165) is 16.8 Å². The second-order valence-corrected chi connectivity index (χ2v) is 7.07. The number of anilines is 1. The summed E-state index contributed by atoms with van der Waals surface area (Å²) in [6.45, 7) is -0.558. The molecule has 0 unspecified atom stereocenters. The highest BCUT2D eigenvalue weighted by molar-refractivity contribution is 5.95. The summed E-state index contributed by atoms with van der Waals surface area (Å²) in [6, 6.07) is -1.71. The Kier molecular flexibility index (Phi) is 8.55. The molecule has 0 spiro atoms. The van der Waals surface area contributed by atoms with Crippen LogP contribution < -0.4 is 22.5 Å². The fourth-order valence-electron chi connectivity index (χ4n) is 2.77. The lowest BCUT2D eigenvalue weighted by Gasteiger charge is -2.17. The molecule has 1 aromatic heterocycles. The Morgan fingerprint density at radius 1 is 1.15 bits per heavy atom. The van der Waals surface area contributed by atoms with Crippen LogP contribution in [0, 0.1) is 0 Å². The van der Waals surface area contributed by atoms with Crippen molar-refractivity contribution in [2.75, 3.05) is 11.9 Å². The number of carbonyl (C=O) groups is 4. The van der Waals surface area contributed by atoms with Gasteiger partial charge in [0.25, 0.3) is 0 Å². The number of hydrogen-bond donors (Lipinski definition) is 7. The van der Waals surface area contributed by atoms with Crippen molar-refractivity contribution >= 4 is 29.6 Å². The molecule has 9 N–H and O–H groups in total. The highest BCUT2D eigenvalue weighted by atomic mass is 16.6. The maximum Gasteiger partial charge on any atom is 0.351 e. The van der Waals surface area contributed by atoms with Crippen LogP contribution in [0.25, 0.3) is 0 Å². The molecule has 16 heteroatoms. The van der Waals surface area contributed by atoms with Gasteiger partial charge in [0.1, 0.15) is 36.8 Å². The molecule has 1 aromatic rings. The van der Waals surface area contributed by atoms with Crippen molar-refractivity contribution < 1.29 is 49.1 Å². The molecule has 1 fully saturated rings. The number of carbonyl (C=O) groups excluding carboxylic acids is 2. The normalized spacial score (nSPS) is 24.0. The Labute approximate surface area is 184 Å². The lowest BCUT2D eigenvalue weighted by molar-refractivity contribution is -0.153. The Bertz CT molecular complexity index is 967. The van der Waals surface area contributed by atoms with E-state index in [4.69, 9.17) is 31.2 Å². The number of amides is 1. The number of aliphatic hydroxyl groups is 2. The molecule has 16 nitrogen and oxygen atoms in total. The summed E-state index contributed by atoms with van der Waals surface area (Å²) in [6.07, 6.45) is -6.06. The number of aliphatic hydroxyl groups excluding tert-OH is 2. The van der Waals surface area contributed by atoms with E-state index in [-0.39, 0.29) is 5.82 Å². The molecule has 0 bridgehead atoms. The molecule has 6 atom stereocenters. The van der Waals surface area contributed by atoms with Crippen LogP contribution in [0.5, 0.6) is 0 Å². The number of aliphatic carboxylic acids is 2. The molecule has 0 aliphatic carbocycles. The van der Waals surface area contributed by atoms with Crippen molar-refractivity contribution in [3.63, 3.8) is 0 Å². The topological polar surface area (TPSA) is 267 Å². The van der Waals surface area contributed by atoms with Gasteiger partial charge in [-0.15, -0.1) is 0 Å². The monoisotopic (exact) mass is 473 g/mol. The van der Waals surface area contributed by atoms with E-state index in [2.05, 4.69) is 10.3 Å². The third-order valence-corrected chi connectivity index (χ3v) is 4.54. The van der Waals surface area contributed by atoms with E-state index in [1.54, 1.807) is 0 Å². The Morgan fingerprint density at radius 3 is 2.39 bits per heavy atom. The van der Waals surface area contributed by atoms with Gasteiger partial charge in [0, 0.05) is 6.20 Å². The maximum atomic E-state index is 12.3. The zero-order valence-electron chi connectivity index (χ0n) is 16.9. The van der Waals surface area contributed by atoms with E-state index >= 15 is 0 Å². The lowest BCUT2D eigenvalue weighted by atomic mass is 10.1. The van der Waals surface area contributed by atoms with Gasteiger partial charge < -0.3 is 46.7 Å². The van der Waals surface area contributed by atoms with Gasteiger partial charge in [-0.2, -0.15) is 4.98 Å². The number of nitrogens with one attached hydrogen (secondary N) is 1. The number of nitrogens with two attached hydrogens (primary N) is 2. The molecule has 2 heterocycles. The fraction of sp³-hybridized carbons (Fsp3) is 0.529. The Morgan fingerprint density at radius 2 is 1.82 bits per heavy atom. The van der Waals surface area contributed by atoms with Crippen LogP contribution in [-0.4, -0.2) is 90.8 Å². The van der Waals surface area contributed by atoms with Crippen molar-refractivity contribution in [3.05, 3.63) is 22.7 Å². The molecule has 33 heavy (non-hydrogen) atoms. The minimum atomic E-state index is -1.63. The zero-order valence-corrected chi connectivity index (χ0v) is 16.9. The van der Waals surface area contributed by atoms with Crippen molar-refractivity contribution in [1.29, 1.82) is 0 Å². The van der Waals surface area contributed by atoms with Gasteiger partial charge in [0.15, 0.2) is 6.23 Å². The Hall–Kier alpha value is -3.44. The molecule has 182 valence electrons. The van der Waals surface area contributed by atoms with Gasteiger partial charge >= 0.3 is 23.6 Å². The minimum absolute atomic E-state index is 0.240. The van der Waals surface area contributed by atoms with Crippen LogP contribution in [0.3, 0.4) is 0 Å². The Balaban J connectivity index is 2.02. The first-order valence-electron chi connectivity index (χ1n) is 9.43. The van der Waals surface area contributed by atoms with E-state index < -0.39 is 85.6 Å². The molecule has 1 aliphatic rings. The first-order valence-corrected chi connectivity index (χ1v) is 9.43. The second-order valence-electron chi connectivity index (χ2n) is 7.07. The minimum Gasteiger partial charge on any atom is -0.481 e. The molecule has 0 saturated carbocycles. The van der Waals surface area contributed by atoms with Crippen LogP contribution in [0.1, 0.15) is 19.1 Å². The quantitative estimate of drug-likeness (QED) is 0.159. The summed E-state index contributed by atoms with van der Waals surface area (Å²) in [5.41, 5.74) is 9.64. The maximum absolute atomic E-state index is 12.3. The number of ether oxygens (including phenoxy) is 2.